The van der Waals surface area contributed by atoms with E-state index in [2.05, 4.69) is 10.3 Å². The van der Waals surface area contributed by atoms with Crippen LogP contribution in [0, 0.1) is 5.82 Å². The maximum absolute atomic E-state index is 13.3. The zero-order valence-corrected chi connectivity index (χ0v) is 13.9. The van der Waals surface area contributed by atoms with Crippen LogP contribution in [0.5, 0.6) is 0 Å². The molecule has 0 aliphatic carbocycles. The van der Waals surface area contributed by atoms with Gasteiger partial charge in [-0.2, -0.15) is 0 Å². The molecule has 5 nitrogen and oxygen atoms in total. The average Bonchev–Trinajstić information content (AvgIpc) is 2.56. The first-order valence-corrected chi connectivity index (χ1v) is 7.85. The molecule has 3 aromatic rings. The minimum Gasteiger partial charge on any atom is -0.480 e. The maximum atomic E-state index is 13.3. The van der Waals surface area contributed by atoms with E-state index < -0.39 is 17.8 Å². The number of fused-ring (bicyclic) bond motifs is 1. The second-order valence-corrected chi connectivity index (χ2v) is 6.03. The molecule has 0 aliphatic heterocycles. The van der Waals surface area contributed by atoms with Crippen LogP contribution in [0.3, 0.4) is 0 Å². The lowest BCUT2D eigenvalue weighted by molar-refractivity contribution is -0.137. The Morgan fingerprint density at radius 1 is 1.20 bits per heavy atom. The number of benzene rings is 2. The summed E-state index contributed by atoms with van der Waals surface area (Å²) in [7, 11) is 0. The van der Waals surface area contributed by atoms with Gasteiger partial charge in [0.2, 0.25) is 0 Å². The van der Waals surface area contributed by atoms with Crippen LogP contribution in [0.4, 0.5) is 10.1 Å². The van der Waals surface area contributed by atoms with Crippen molar-refractivity contribution in [3.05, 3.63) is 63.8 Å². The Morgan fingerprint density at radius 3 is 2.64 bits per heavy atom. The molecule has 1 unspecified atom stereocenters. The monoisotopic (exact) mass is 360 g/mol. The van der Waals surface area contributed by atoms with Crippen LogP contribution < -0.4 is 10.9 Å². The highest BCUT2D eigenvalue weighted by Gasteiger charge is 2.14. The first-order chi connectivity index (χ1) is 11.9. The summed E-state index contributed by atoms with van der Waals surface area (Å²) in [5.74, 6) is -1.45. The number of carbonyl (C=O) groups is 1. The molecule has 0 saturated heterocycles. The first-order valence-electron chi connectivity index (χ1n) is 7.47. The summed E-state index contributed by atoms with van der Waals surface area (Å²) in [6, 6.07) is 8.21. The number of aromatic amines is 1. The Morgan fingerprint density at radius 2 is 1.96 bits per heavy atom. The van der Waals surface area contributed by atoms with Gasteiger partial charge in [0.1, 0.15) is 11.9 Å². The number of halogens is 2. The lowest BCUT2D eigenvalue weighted by Crippen LogP contribution is -2.25. The Labute approximate surface area is 147 Å². The molecular weight excluding hydrogens is 347 g/mol. The van der Waals surface area contributed by atoms with E-state index in [4.69, 9.17) is 16.7 Å². The van der Waals surface area contributed by atoms with E-state index in [1.54, 1.807) is 24.3 Å². The molecule has 0 aliphatic rings. The highest BCUT2D eigenvalue weighted by molar-refractivity contribution is 6.33. The van der Waals surface area contributed by atoms with E-state index in [9.17, 15) is 14.0 Å². The summed E-state index contributed by atoms with van der Waals surface area (Å²) in [5, 5.41) is 13.0. The molecule has 0 saturated carbocycles. The fourth-order valence-electron chi connectivity index (χ4n) is 2.59. The highest BCUT2D eigenvalue weighted by Crippen LogP contribution is 2.33. The number of aromatic nitrogens is 1. The second-order valence-electron chi connectivity index (χ2n) is 5.62. The molecule has 3 N–H and O–H groups in total. The number of aliphatic carboxylic acids is 1. The zero-order chi connectivity index (χ0) is 18.1. The van der Waals surface area contributed by atoms with Crippen molar-refractivity contribution in [3.63, 3.8) is 0 Å². The largest absolute Gasteiger partial charge is 0.480 e. The van der Waals surface area contributed by atoms with Gasteiger partial charge >= 0.3 is 5.97 Å². The van der Waals surface area contributed by atoms with Crippen molar-refractivity contribution in [2.75, 3.05) is 5.32 Å². The number of carboxylic acids is 1. The van der Waals surface area contributed by atoms with E-state index in [-0.39, 0.29) is 10.6 Å². The maximum Gasteiger partial charge on any atom is 0.325 e. The molecule has 1 atom stereocenters. The van der Waals surface area contributed by atoms with Crippen LogP contribution in [0.25, 0.3) is 21.9 Å². The third kappa shape index (κ3) is 3.34. The standard InChI is InChI=1S/C18H14ClFN2O3/c1-9(18(24)25)22-11-3-5-12-14(7-11)17(23)21-8-15(12)13-4-2-10(20)6-16(13)19/h2-9,22H,1H3,(H,21,23)(H,24,25). The Balaban J connectivity index is 2.15. The molecule has 2 aromatic carbocycles. The van der Waals surface area contributed by atoms with Crippen LogP contribution in [0.15, 0.2) is 47.4 Å². The van der Waals surface area contributed by atoms with Crippen LogP contribution in [0.2, 0.25) is 5.02 Å². The number of pyridine rings is 1. The minimum absolute atomic E-state index is 0.232. The molecule has 0 spiro atoms. The van der Waals surface area contributed by atoms with Gasteiger partial charge in [-0.25, -0.2) is 4.39 Å². The number of carboxylic acid groups (broad SMARTS) is 1. The smallest absolute Gasteiger partial charge is 0.325 e. The Kier molecular flexibility index (Phi) is 4.46. The predicted molar refractivity (Wildman–Crippen MR) is 95.7 cm³/mol. The van der Waals surface area contributed by atoms with Crippen LogP contribution >= 0.6 is 11.6 Å². The van der Waals surface area contributed by atoms with Crippen molar-refractivity contribution in [1.82, 2.24) is 4.98 Å². The summed E-state index contributed by atoms with van der Waals surface area (Å²) in [6.45, 7) is 1.51. The molecule has 0 amide bonds. The Bertz CT molecular complexity index is 1030. The average molecular weight is 361 g/mol. The summed E-state index contributed by atoms with van der Waals surface area (Å²) in [6.07, 6.45) is 1.52. The number of H-pyrrole nitrogens is 1. The fraction of sp³-hybridized carbons (Fsp3) is 0.111. The topological polar surface area (TPSA) is 82.2 Å². The van der Waals surface area contributed by atoms with Crippen molar-refractivity contribution >= 4 is 34.0 Å². The van der Waals surface area contributed by atoms with Crippen molar-refractivity contribution in [1.29, 1.82) is 0 Å². The quantitative estimate of drug-likeness (QED) is 0.659. The molecule has 0 fully saturated rings. The molecule has 7 heteroatoms. The molecule has 25 heavy (non-hydrogen) atoms. The summed E-state index contributed by atoms with van der Waals surface area (Å²) < 4.78 is 13.3. The zero-order valence-electron chi connectivity index (χ0n) is 13.1. The van der Waals surface area contributed by atoms with E-state index >= 15 is 0 Å². The van der Waals surface area contributed by atoms with Gasteiger partial charge in [-0.3, -0.25) is 9.59 Å². The number of anilines is 1. The molecule has 128 valence electrons. The summed E-state index contributed by atoms with van der Waals surface area (Å²) in [5.41, 5.74) is 1.43. The molecule has 0 bridgehead atoms. The van der Waals surface area contributed by atoms with E-state index in [1.807, 2.05) is 0 Å². The van der Waals surface area contributed by atoms with Crippen molar-refractivity contribution in [2.45, 2.75) is 13.0 Å². The van der Waals surface area contributed by atoms with E-state index in [0.717, 1.165) is 0 Å². The third-order valence-corrected chi connectivity index (χ3v) is 4.19. The Hall–Kier alpha value is -2.86. The van der Waals surface area contributed by atoms with Crippen molar-refractivity contribution in [2.24, 2.45) is 0 Å². The van der Waals surface area contributed by atoms with Crippen molar-refractivity contribution < 1.29 is 14.3 Å². The number of hydrogen-bond acceptors (Lipinski definition) is 3. The normalized spacial score (nSPS) is 12.1. The third-order valence-electron chi connectivity index (χ3n) is 3.88. The molecule has 3 rings (SSSR count). The van der Waals surface area contributed by atoms with Gasteiger partial charge < -0.3 is 15.4 Å². The number of nitrogens with one attached hydrogen (secondary N) is 2. The fourth-order valence-corrected chi connectivity index (χ4v) is 2.86. The van der Waals surface area contributed by atoms with E-state index in [0.29, 0.717) is 27.6 Å². The molecule has 1 heterocycles. The molecule has 1 aromatic heterocycles. The van der Waals surface area contributed by atoms with Gasteiger partial charge in [-0.05, 0) is 42.6 Å². The van der Waals surface area contributed by atoms with Gasteiger partial charge in [0.25, 0.3) is 5.56 Å². The van der Waals surface area contributed by atoms with Crippen molar-refractivity contribution in [3.8, 4) is 11.1 Å². The van der Waals surface area contributed by atoms with Gasteiger partial charge in [-0.15, -0.1) is 0 Å². The van der Waals surface area contributed by atoms with Crippen LogP contribution in [-0.4, -0.2) is 22.1 Å². The van der Waals surface area contributed by atoms with Gasteiger partial charge in [0.05, 0.1) is 5.02 Å². The van der Waals surface area contributed by atoms with Crippen LogP contribution in [-0.2, 0) is 4.79 Å². The molecular formula is C18H14ClFN2O3. The van der Waals surface area contributed by atoms with Gasteiger partial charge in [0, 0.05) is 28.4 Å². The second kappa shape index (κ2) is 6.57. The minimum atomic E-state index is -0.999. The summed E-state index contributed by atoms with van der Waals surface area (Å²) >= 11 is 6.13. The lowest BCUT2D eigenvalue weighted by atomic mass is 10.00. The number of rotatable bonds is 4. The van der Waals surface area contributed by atoms with Gasteiger partial charge in [-0.1, -0.05) is 17.7 Å². The first kappa shape index (κ1) is 17.0. The summed E-state index contributed by atoms with van der Waals surface area (Å²) in [4.78, 5) is 25.8. The highest BCUT2D eigenvalue weighted by atomic mass is 35.5. The van der Waals surface area contributed by atoms with Gasteiger partial charge in [0.15, 0.2) is 0 Å². The van der Waals surface area contributed by atoms with E-state index in [1.165, 1.54) is 25.3 Å². The van der Waals surface area contributed by atoms with Crippen LogP contribution in [0.1, 0.15) is 6.92 Å². The number of hydrogen-bond donors (Lipinski definition) is 3. The lowest BCUT2D eigenvalue weighted by Gasteiger charge is -2.13. The predicted octanol–water partition coefficient (Wildman–Crippen LogP) is 3.87. The SMILES string of the molecule is CC(Nc1ccc2c(-c3ccc(F)cc3Cl)c[nH]c(=O)c2c1)C(=O)O. The molecule has 0 radical (unpaired) electrons.